The molecule has 2 aromatic carbocycles. The molecule has 0 atom stereocenters. The van der Waals surface area contributed by atoms with Crippen LogP contribution in [0.5, 0.6) is 0 Å². The van der Waals surface area contributed by atoms with E-state index in [1.54, 1.807) is 18.2 Å². The highest BCUT2D eigenvalue weighted by molar-refractivity contribution is 6.13. The Bertz CT molecular complexity index is 1390. The zero-order chi connectivity index (χ0) is 19.1. The lowest BCUT2D eigenvalue weighted by atomic mass is 10.0. The quantitative estimate of drug-likeness (QED) is 0.336. The Kier molecular flexibility index (Phi) is 3.69. The summed E-state index contributed by atoms with van der Waals surface area (Å²) >= 11 is 0. The monoisotopic (exact) mass is 365 g/mol. The first-order chi connectivity index (χ1) is 13.7. The van der Waals surface area contributed by atoms with Gasteiger partial charge in [-0.1, -0.05) is 54.6 Å². The number of ketones is 1. The summed E-state index contributed by atoms with van der Waals surface area (Å²) < 4.78 is 7.20. The molecule has 3 heterocycles. The van der Waals surface area contributed by atoms with Gasteiger partial charge >= 0.3 is 5.63 Å². The van der Waals surface area contributed by atoms with Crippen molar-refractivity contribution in [1.82, 2.24) is 4.40 Å². The van der Waals surface area contributed by atoms with E-state index in [1.807, 2.05) is 77.3 Å². The van der Waals surface area contributed by atoms with Crippen molar-refractivity contribution in [2.75, 3.05) is 0 Å². The first-order valence-electron chi connectivity index (χ1n) is 8.95. The van der Waals surface area contributed by atoms with Gasteiger partial charge in [-0.05, 0) is 35.9 Å². The first-order valence-corrected chi connectivity index (χ1v) is 8.95. The van der Waals surface area contributed by atoms with Crippen LogP contribution < -0.4 is 5.63 Å². The summed E-state index contributed by atoms with van der Waals surface area (Å²) in [6, 6.07) is 26.2. The maximum atomic E-state index is 13.5. The second-order valence-electron chi connectivity index (χ2n) is 6.58. The van der Waals surface area contributed by atoms with Crippen LogP contribution >= 0.6 is 0 Å². The zero-order valence-corrected chi connectivity index (χ0v) is 14.8. The molecule has 3 aromatic heterocycles. The minimum Gasteiger partial charge on any atom is -0.422 e. The van der Waals surface area contributed by atoms with Gasteiger partial charge in [-0.25, -0.2) is 4.79 Å². The minimum atomic E-state index is -0.631. The predicted octanol–water partition coefficient (Wildman–Crippen LogP) is 4.94. The van der Waals surface area contributed by atoms with E-state index in [-0.39, 0.29) is 11.3 Å². The number of aromatic nitrogens is 1. The van der Waals surface area contributed by atoms with Crippen molar-refractivity contribution >= 4 is 22.3 Å². The minimum absolute atomic E-state index is 0.0275. The Labute approximate surface area is 160 Å². The number of para-hydroxylation sites is 1. The van der Waals surface area contributed by atoms with Crippen LogP contribution in [0.1, 0.15) is 16.1 Å². The first kappa shape index (κ1) is 16.3. The topological polar surface area (TPSA) is 51.7 Å². The molecule has 0 aliphatic rings. The molecular weight excluding hydrogens is 350 g/mol. The number of rotatable bonds is 3. The molecule has 0 unspecified atom stereocenters. The van der Waals surface area contributed by atoms with E-state index in [2.05, 4.69) is 0 Å². The molecule has 0 aliphatic carbocycles. The molecule has 0 saturated heterocycles. The van der Waals surface area contributed by atoms with Crippen LogP contribution in [0.25, 0.3) is 27.6 Å². The summed E-state index contributed by atoms with van der Waals surface area (Å²) in [5.41, 5.74) is 2.89. The summed E-state index contributed by atoms with van der Waals surface area (Å²) in [7, 11) is 0. The summed E-state index contributed by atoms with van der Waals surface area (Å²) in [5.74, 6) is -0.357. The van der Waals surface area contributed by atoms with Crippen molar-refractivity contribution in [3.63, 3.8) is 0 Å². The van der Waals surface area contributed by atoms with Crippen molar-refractivity contribution in [3.05, 3.63) is 113 Å². The molecule has 0 N–H and O–H groups in total. The molecule has 5 rings (SSSR count). The molecule has 0 spiro atoms. The van der Waals surface area contributed by atoms with Gasteiger partial charge in [-0.2, -0.15) is 0 Å². The maximum absolute atomic E-state index is 13.5. The third-order valence-electron chi connectivity index (χ3n) is 4.87. The van der Waals surface area contributed by atoms with Crippen molar-refractivity contribution in [2.24, 2.45) is 0 Å². The van der Waals surface area contributed by atoms with Crippen LogP contribution in [0.3, 0.4) is 0 Å². The lowest BCUT2D eigenvalue weighted by molar-refractivity contribution is 0.103. The molecule has 0 fully saturated rings. The fraction of sp³-hybridized carbons (Fsp3) is 0. The normalized spacial score (nSPS) is 11.1. The lowest BCUT2D eigenvalue weighted by Crippen LogP contribution is -2.17. The fourth-order valence-electron chi connectivity index (χ4n) is 3.54. The van der Waals surface area contributed by atoms with E-state index in [0.717, 1.165) is 16.6 Å². The molecule has 0 amide bonds. The van der Waals surface area contributed by atoms with Gasteiger partial charge in [-0.3, -0.25) is 4.79 Å². The predicted molar refractivity (Wildman–Crippen MR) is 109 cm³/mol. The SMILES string of the molecule is O=C(c1cc2ccccc2oc1=O)c1c(-c2ccccc2)cc2ccccn12. The van der Waals surface area contributed by atoms with E-state index >= 15 is 0 Å². The van der Waals surface area contributed by atoms with E-state index in [1.165, 1.54) is 0 Å². The molecule has 0 aliphatic heterocycles. The summed E-state index contributed by atoms with van der Waals surface area (Å²) in [6.07, 6.45) is 1.83. The average Bonchev–Trinajstić information content (AvgIpc) is 3.13. The number of carbonyl (C=O) groups excluding carboxylic acids is 1. The molecule has 4 nitrogen and oxygen atoms in total. The van der Waals surface area contributed by atoms with Crippen molar-refractivity contribution in [3.8, 4) is 11.1 Å². The van der Waals surface area contributed by atoms with E-state index in [9.17, 15) is 9.59 Å². The number of nitrogens with zero attached hydrogens (tertiary/aromatic N) is 1. The highest BCUT2D eigenvalue weighted by Gasteiger charge is 2.23. The van der Waals surface area contributed by atoms with Crippen molar-refractivity contribution in [2.45, 2.75) is 0 Å². The molecule has 4 heteroatoms. The van der Waals surface area contributed by atoms with Gasteiger partial charge in [-0.15, -0.1) is 0 Å². The van der Waals surface area contributed by atoms with Gasteiger partial charge in [0.1, 0.15) is 16.8 Å². The van der Waals surface area contributed by atoms with Gasteiger partial charge in [0.2, 0.25) is 5.78 Å². The number of pyridine rings is 1. The fourth-order valence-corrected chi connectivity index (χ4v) is 3.54. The molecule has 28 heavy (non-hydrogen) atoms. The molecule has 0 bridgehead atoms. The van der Waals surface area contributed by atoms with Crippen LogP contribution in [0.4, 0.5) is 0 Å². The van der Waals surface area contributed by atoms with E-state index in [0.29, 0.717) is 16.7 Å². The number of fused-ring (bicyclic) bond motifs is 2. The van der Waals surface area contributed by atoms with Gasteiger partial charge in [0.15, 0.2) is 0 Å². The van der Waals surface area contributed by atoms with Crippen molar-refractivity contribution < 1.29 is 9.21 Å². The van der Waals surface area contributed by atoms with Gasteiger partial charge in [0.25, 0.3) is 0 Å². The summed E-state index contributed by atoms with van der Waals surface area (Å²) in [5, 5.41) is 0.715. The van der Waals surface area contributed by atoms with Gasteiger partial charge in [0, 0.05) is 22.7 Å². The highest BCUT2D eigenvalue weighted by Crippen LogP contribution is 2.29. The largest absolute Gasteiger partial charge is 0.422 e. The van der Waals surface area contributed by atoms with Crippen LogP contribution in [-0.2, 0) is 0 Å². The van der Waals surface area contributed by atoms with Crippen LogP contribution in [0.2, 0.25) is 0 Å². The average molecular weight is 365 g/mol. The summed E-state index contributed by atoms with van der Waals surface area (Å²) in [6.45, 7) is 0. The second kappa shape index (κ2) is 6.35. The third-order valence-corrected chi connectivity index (χ3v) is 4.87. The van der Waals surface area contributed by atoms with Crippen LogP contribution in [-0.4, -0.2) is 10.2 Å². The molecule has 0 radical (unpaired) electrons. The number of hydrogen-bond acceptors (Lipinski definition) is 3. The summed E-state index contributed by atoms with van der Waals surface area (Å²) in [4.78, 5) is 26.1. The Morgan fingerprint density at radius 2 is 1.57 bits per heavy atom. The Morgan fingerprint density at radius 1 is 0.821 bits per heavy atom. The molecular formula is C24H15NO3. The maximum Gasteiger partial charge on any atom is 0.347 e. The third kappa shape index (κ3) is 2.55. The lowest BCUT2D eigenvalue weighted by Gasteiger charge is -2.07. The standard InChI is InChI=1S/C24H15NO3/c26-23(20-14-17-10-4-5-12-21(17)28-24(20)27)22-19(16-8-2-1-3-9-16)15-18-11-6-7-13-25(18)22/h1-15H. The van der Waals surface area contributed by atoms with E-state index < -0.39 is 5.63 Å². The zero-order valence-electron chi connectivity index (χ0n) is 14.8. The Morgan fingerprint density at radius 3 is 2.43 bits per heavy atom. The van der Waals surface area contributed by atoms with E-state index in [4.69, 9.17) is 4.42 Å². The number of hydrogen-bond donors (Lipinski definition) is 0. The van der Waals surface area contributed by atoms with Gasteiger partial charge < -0.3 is 8.82 Å². The molecule has 0 saturated carbocycles. The van der Waals surface area contributed by atoms with Crippen molar-refractivity contribution in [1.29, 1.82) is 0 Å². The van der Waals surface area contributed by atoms with Crippen LogP contribution in [0, 0.1) is 0 Å². The smallest absolute Gasteiger partial charge is 0.347 e. The second-order valence-corrected chi connectivity index (χ2v) is 6.58. The van der Waals surface area contributed by atoms with Gasteiger partial charge in [0.05, 0.1) is 0 Å². The Balaban J connectivity index is 1.78. The number of carbonyl (C=O) groups is 1. The number of benzene rings is 2. The molecule has 134 valence electrons. The highest BCUT2D eigenvalue weighted by atomic mass is 16.4. The molecule has 5 aromatic rings. The Hall–Kier alpha value is -3.92. The van der Waals surface area contributed by atoms with Crippen LogP contribution in [0.15, 0.2) is 100 Å².